The van der Waals surface area contributed by atoms with Crippen molar-refractivity contribution in [3.05, 3.63) is 22.7 Å². The number of phosphoric acid groups is 2. The zero-order valence-corrected chi connectivity index (χ0v) is 18.3. The Morgan fingerprint density at radius 2 is 1.80 bits per heavy atom. The summed E-state index contributed by atoms with van der Waals surface area (Å²) in [6.07, 6.45) is -5.45. The SMILES string of the molecule is O=c1nc(NO)ccn1[C@@H]1O[C@H](COP(=O)(O)OP(=O)(O)OP(=O)(O)P)[C@@H](O)[C@H]1O. The van der Waals surface area contributed by atoms with E-state index >= 15 is 0 Å². The monoisotopic (exact) mass is 515 g/mol. The van der Waals surface area contributed by atoms with Crippen molar-refractivity contribution in [1.29, 1.82) is 0 Å². The molecule has 1 aliphatic rings. The van der Waals surface area contributed by atoms with Crippen molar-refractivity contribution in [3.63, 3.8) is 0 Å². The van der Waals surface area contributed by atoms with E-state index in [0.717, 1.165) is 16.8 Å². The molecule has 7 N–H and O–H groups in total. The molecule has 0 radical (unpaired) electrons. The van der Waals surface area contributed by atoms with Gasteiger partial charge in [-0.1, -0.05) is 0 Å². The highest BCUT2D eigenvalue weighted by Gasteiger charge is 2.46. The molecule has 1 fully saturated rings. The largest absolute Gasteiger partial charge is 0.488 e. The third-order valence-electron chi connectivity index (χ3n) is 3.38. The number of phosphoric ester groups is 1. The van der Waals surface area contributed by atoms with Gasteiger partial charge in [-0.25, -0.2) is 18.2 Å². The molecule has 21 heteroatoms. The van der Waals surface area contributed by atoms with E-state index in [9.17, 15) is 38.5 Å². The maximum Gasteiger partial charge on any atom is 0.488 e. The molecule has 0 bridgehead atoms. The maximum absolute atomic E-state index is 11.9. The lowest BCUT2D eigenvalue weighted by molar-refractivity contribution is -0.0541. The molecular weight excluding hydrogens is 498 g/mol. The van der Waals surface area contributed by atoms with Gasteiger partial charge in [-0.3, -0.25) is 24.3 Å². The standard InChI is InChI=1S/C9H17N3O14P4/c13-6-4(3-23-28(17,18)25-29(19,20)26-30(21,22)27)24-8(7(6)14)12-2-1-5(11-16)10-9(12)15/h1-2,4,6-8,13-14,16H,3,27H2,(H,17,18)(H,19,20)(H,21,22)(H,10,11,15)/t4-,6-,7-,8-/m1/s1. The lowest BCUT2D eigenvalue weighted by Crippen LogP contribution is -2.36. The Kier molecular flexibility index (Phi) is 8.12. The van der Waals surface area contributed by atoms with Gasteiger partial charge < -0.3 is 29.6 Å². The number of rotatable bonds is 9. The number of aromatic nitrogens is 2. The first kappa shape index (κ1) is 25.7. The molecule has 0 amide bonds. The zero-order valence-electron chi connectivity index (χ0n) is 14.4. The summed E-state index contributed by atoms with van der Waals surface area (Å²) >= 11 is 0. The molecule has 172 valence electrons. The van der Waals surface area contributed by atoms with Gasteiger partial charge in [-0.05, 0) is 15.0 Å². The van der Waals surface area contributed by atoms with Crippen LogP contribution in [0.4, 0.5) is 5.82 Å². The normalized spacial score (nSPS) is 30.2. The van der Waals surface area contributed by atoms with Crippen molar-refractivity contribution in [2.75, 3.05) is 12.1 Å². The summed E-state index contributed by atoms with van der Waals surface area (Å²) in [5, 5.41) is 28.8. The van der Waals surface area contributed by atoms with E-state index < -0.39 is 59.8 Å². The van der Waals surface area contributed by atoms with Gasteiger partial charge in [-0.15, -0.1) is 0 Å². The van der Waals surface area contributed by atoms with Gasteiger partial charge in [0, 0.05) is 6.20 Å². The van der Waals surface area contributed by atoms with Crippen LogP contribution in [0, 0.1) is 0 Å². The molecule has 1 saturated heterocycles. The van der Waals surface area contributed by atoms with Gasteiger partial charge in [0.05, 0.1) is 6.61 Å². The molecule has 1 aliphatic heterocycles. The Labute approximate surface area is 169 Å². The topological polar surface area (TPSA) is 256 Å². The Morgan fingerprint density at radius 3 is 2.33 bits per heavy atom. The predicted octanol–water partition coefficient (Wildman–Crippen LogP) is -1.11. The number of nitrogens with zero attached hydrogens (tertiary/aromatic N) is 2. The minimum absolute atomic E-state index is 0.212. The first-order valence-corrected chi connectivity index (χ1v) is 13.7. The number of ether oxygens (including phenoxy) is 1. The van der Waals surface area contributed by atoms with Crippen molar-refractivity contribution in [2.24, 2.45) is 0 Å². The molecule has 0 spiro atoms. The number of aliphatic hydroxyl groups is 2. The number of nitrogens with one attached hydrogen (secondary N) is 1. The van der Waals surface area contributed by atoms with Crippen LogP contribution in [-0.2, 0) is 31.6 Å². The fourth-order valence-corrected chi connectivity index (χ4v) is 6.46. The van der Waals surface area contributed by atoms with Gasteiger partial charge in [0.2, 0.25) is 0 Å². The van der Waals surface area contributed by atoms with E-state index in [1.54, 1.807) is 5.48 Å². The lowest BCUT2D eigenvalue weighted by Gasteiger charge is -2.19. The van der Waals surface area contributed by atoms with Crippen molar-refractivity contribution >= 4 is 37.7 Å². The fraction of sp³-hybridized carbons (Fsp3) is 0.556. The van der Waals surface area contributed by atoms with Crippen LogP contribution in [0.1, 0.15) is 6.23 Å². The van der Waals surface area contributed by atoms with Crippen molar-refractivity contribution < 1.29 is 61.7 Å². The van der Waals surface area contributed by atoms with E-state index in [1.165, 1.54) is 8.93 Å². The molecule has 2 heterocycles. The summed E-state index contributed by atoms with van der Waals surface area (Å²) in [7, 11) is -14.4. The zero-order chi connectivity index (χ0) is 22.9. The molecule has 0 aromatic carbocycles. The first-order chi connectivity index (χ1) is 13.6. The average Bonchev–Trinajstić information content (AvgIpc) is 2.85. The highest BCUT2D eigenvalue weighted by atomic mass is 32.1. The molecule has 17 nitrogen and oxygen atoms in total. The quantitative estimate of drug-likeness (QED) is 0.152. The van der Waals surface area contributed by atoms with E-state index in [2.05, 4.69) is 18.1 Å². The summed E-state index contributed by atoms with van der Waals surface area (Å²) in [6.45, 7) is -0.987. The number of anilines is 1. The molecule has 0 aliphatic carbocycles. The highest BCUT2D eigenvalue weighted by Crippen LogP contribution is 2.69. The van der Waals surface area contributed by atoms with Crippen LogP contribution < -0.4 is 11.2 Å². The third kappa shape index (κ3) is 6.95. The van der Waals surface area contributed by atoms with E-state index in [0.29, 0.717) is 0 Å². The number of hydrogen-bond donors (Lipinski definition) is 7. The number of hydrogen-bond acceptors (Lipinski definition) is 13. The second-order valence-electron chi connectivity index (χ2n) is 5.62. The Balaban J connectivity index is 2.06. The molecule has 1 aromatic rings. The Hall–Kier alpha value is -0.600. The van der Waals surface area contributed by atoms with Crippen LogP contribution in [0.2, 0.25) is 0 Å². The molecule has 0 saturated carbocycles. The Morgan fingerprint density at radius 1 is 1.17 bits per heavy atom. The summed E-state index contributed by atoms with van der Waals surface area (Å²) in [4.78, 5) is 42.8. The summed E-state index contributed by atoms with van der Waals surface area (Å²) in [5.74, 6) is -0.212. The van der Waals surface area contributed by atoms with Crippen LogP contribution in [-0.4, -0.2) is 64.6 Å². The fourth-order valence-electron chi connectivity index (χ4n) is 2.25. The van der Waals surface area contributed by atoms with E-state index in [4.69, 9.17) is 14.8 Å². The van der Waals surface area contributed by atoms with Crippen LogP contribution in [0.3, 0.4) is 0 Å². The van der Waals surface area contributed by atoms with E-state index in [-0.39, 0.29) is 5.82 Å². The van der Waals surface area contributed by atoms with Crippen LogP contribution in [0.15, 0.2) is 17.1 Å². The lowest BCUT2D eigenvalue weighted by atomic mass is 10.1. The van der Waals surface area contributed by atoms with Crippen LogP contribution in [0.5, 0.6) is 0 Å². The molecule has 1 aromatic heterocycles. The molecular formula is C9H17N3O14P4. The second kappa shape index (κ2) is 9.49. The minimum Gasteiger partial charge on any atom is -0.387 e. The smallest absolute Gasteiger partial charge is 0.387 e. The predicted molar refractivity (Wildman–Crippen MR) is 97.1 cm³/mol. The van der Waals surface area contributed by atoms with Crippen LogP contribution >= 0.6 is 31.9 Å². The van der Waals surface area contributed by atoms with Gasteiger partial charge in [-0.2, -0.15) is 9.29 Å². The highest BCUT2D eigenvalue weighted by molar-refractivity contribution is 8.13. The molecule has 2 rings (SSSR count). The second-order valence-corrected chi connectivity index (χ2v) is 12.1. The van der Waals surface area contributed by atoms with Crippen molar-refractivity contribution in [2.45, 2.75) is 24.5 Å². The first-order valence-electron chi connectivity index (χ1n) is 7.49. The molecule has 8 atom stereocenters. The van der Waals surface area contributed by atoms with E-state index in [1.807, 2.05) is 0 Å². The van der Waals surface area contributed by atoms with Gasteiger partial charge >= 0.3 is 28.6 Å². The van der Waals surface area contributed by atoms with Gasteiger partial charge in [0.15, 0.2) is 12.0 Å². The summed E-state index contributed by atoms with van der Waals surface area (Å²) in [5.41, 5.74) is 0.633. The van der Waals surface area contributed by atoms with Gasteiger partial charge in [0.25, 0.3) is 0 Å². The molecule has 30 heavy (non-hydrogen) atoms. The summed E-state index contributed by atoms with van der Waals surface area (Å²) < 4.78 is 52.1. The summed E-state index contributed by atoms with van der Waals surface area (Å²) in [6, 6.07) is 1.13. The number of aliphatic hydroxyl groups excluding tert-OH is 2. The molecule has 4 unspecified atom stereocenters. The maximum atomic E-state index is 11.9. The van der Waals surface area contributed by atoms with Crippen molar-refractivity contribution in [3.8, 4) is 0 Å². The average molecular weight is 515 g/mol. The van der Waals surface area contributed by atoms with Crippen LogP contribution in [0.25, 0.3) is 0 Å². The minimum atomic E-state index is -5.50. The third-order valence-corrected chi connectivity index (χ3v) is 8.12. The Bertz CT molecular complexity index is 964. The van der Waals surface area contributed by atoms with Crippen molar-refractivity contribution in [1.82, 2.24) is 9.55 Å². The van der Waals surface area contributed by atoms with Gasteiger partial charge in [0.1, 0.15) is 18.3 Å².